The third-order valence-electron chi connectivity index (χ3n) is 3.31. The topological polar surface area (TPSA) is 58.6 Å². The summed E-state index contributed by atoms with van der Waals surface area (Å²) in [6.07, 6.45) is 0. The van der Waals surface area contributed by atoms with Crippen molar-refractivity contribution < 1.29 is 18.7 Å². The van der Waals surface area contributed by atoms with Crippen molar-refractivity contribution in [3.05, 3.63) is 46.9 Å². The lowest BCUT2D eigenvalue weighted by Gasteiger charge is -2.33. The van der Waals surface area contributed by atoms with Crippen LogP contribution >= 0.6 is 0 Å². The Labute approximate surface area is 116 Å². The molecule has 6 heteroatoms. The Balaban J connectivity index is 2.55. The molecule has 0 saturated heterocycles. The first-order valence-corrected chi connectivity index (χ1v) is 6.05. The first-order chi connectivity index (χ1) is 9.47. The van der Waals surface area contributed by atoms with Crippen molar-refractivity contribution in [2.75, 3.05) is 14.2 Å². The molecular formula is C14H15FN2O3. The number of rotatable bonds is 2. The van der Waals surface area contributed by atoms with Gasteiger partial charge < -0.3 is 10.1 Å². The fourth-order valence-electron chi connectivity index (χ4n) is 2.25. The average Bonchev–Trinajstić information content (AvgIpc) is 2.43. The number of nitrogens with one attached hydrogen (secondary N) is 1. The average molecular weight is 278 g/mol. The quantitative estimate of drug-likeness (QED) is 0.841. The number of hydrogen-bond donors (Lipinski definition) is 1. The molecule has 0 unspecified atom stereocenters. The number of carbonyl (C=O) groups excluding carboxylic acids is 2. The van der Waals surface area contributed by atoms with E-state index in [1.807, 2.05) is 0 Å². The van der Waals surface area contributed by atoms with Crippen molar-refractivity contribution in [1.82, 2.24) is 10.2 Å². The van der Waals surface area contributed by atoms with Gasteiger partial charge in [-0.15, -0.1) is 0 Å². The first-order valence-electron chi connectivity index (χ1n) is 6.05. The van der Waals surface area contributed by atoms with E-state index in [-0.39, 0.29) is 5.70 Å². The Bertz CT molecular complexity index is 598. The van der Waals surface area contributed by atoms with Crippen LogP contribution in [0.4, 0.5) is 9.18 Å². The molecule has 1 heterocycles. The first kappa shape index (κ1) is 14.0. The number of halogens is 1. The predicted molar refractivity (Wildman–Crippen MR) is 70.2 cm³/mol. The van der Waals surface area contributed by atoms with Crippen LogP contribution in [0.2, 0.25) is 0 Å². The maximum absolute atomic E-state index is 13.9. The molecule has 0 saturated carbocycles. The number of nitrogens with zero attached hydrogens (tertiary/aromatic N) is 1. The van der Waals surface area contributed by atoms with E-state index >= 15 is 0 Å². The van der Waals surface area contributed by atoms with Crippen LogP contribution in [0.3, 0.4) is 0 Å². The standard InChI is InChI=1S/C14H15FN2O3/c1-8-11(9-6-4-5-7-10(9)15)16-14(19)17(2)12(8)13(18)20-3/h4-7,11H,1-3H3,(H,16,19)/t11-/m1/s1. The van der Waals surface area contributed by atoms with E-state index < -0.39 is 23.9 Å². The molecule has 1 aromatic carbocycles. The van der Waals surface area contributed by atoms with Gasteiger partial charge >= 0.3 is 12.0 Å². The Hall–Kier alpha value is -2.37. The van der Waals surface area contributed by atoms with Gasteiger partial charge in [-0.05, 0) is 18.6 Å². The molecule has 2 rings (SSSR count). The maximum atomic E-state index is 13.9. The number of likely N-dealkylation sites (N-methyl/N-ethyl adjacent to an activating group) is 1. The van der Waals surface area contributed by atoms with Crippen molar-refractivity contribution in [1.29, 1.82) is 0 Å². The molecular weight excluding hydrogens is 263 g/mol. The second kappa shape index (κ2) is 5.32. The highest BCUT2D eigenvalue weighted by Crippen LogP contribution is 2.31. The Morgan fingerprint density at radius 3 is 2.65 bits per heavy atom. The van der Waals surface area contributed by atoms with Crippen LogP contribution < -0.4 is 5.32 Å². The lowest BCUT2D eigenvalue weighted by molar-refractivity contribution is -0.137. The number of benzene rings is 1. The summed E-state index contributed by atoms with van der Waals surface area (Å²) in [5.74, 6) is -1.06. The molecule has 1 aromatic rings. The molecule has 5 nitrogen and oxygen atoms in total. The van der Waals surface area contributed by atoms with Gasteiger partial charge in [-0.3, -0.25) is 4.90 Å². The third-order valence-corrected chi connectivity index (χ3v) is 3.31. The van der Waals surface area contributed by atoms with Crippen LogP contribution in [-0.2, 0) is 9.53 Å². The van der Waals surface area contributed by atoms with Crippen LogP contribution in [0.25, 0.3) is 0 Å². The van der Waals surface area contributed by atoms with E-state index in [1.54, 1.807) is 25.1 Å². The zero-order chi connectivity index (χ0) is 14.9. The summed E-state index contributed by atoms with van der Waals surface area (Å²) in [6, 6.07) is 4.96. The van der Waals surface area contributed by atoms with Crippen molar-refractivity contribution in [3.63, 3.8) is 0 Å². The van der Waals surface area contributed by atoms with E-state index in [0.717, 1.165) is 0 Å². The third kappa shape index (κ3) is 2.24. The van der Waals surface area contributed by atoms with E-state index in [4.69, 9.17) is 0 Å². The number of ether oxygens (including phenoxy) is 1. The van der Waals surface area contributed by atoms with Gasteiger partial charge in [0.25, 0.3) is 0 Å². The van der Waals surface area contributed by atoms with Gasteiger partial charge in [0.05, 0.1) is 13.2 Å². The van der Waals surface area contributed by atoms with E-state index in [1.165, 1.54) is 25.1 Å². The minimum Gasteiger partial charge on any atom is -0.464 e. The second-order valence-corrected chi connectivity index (χ2v) is 4.49. The fourth-order valence-corrected chi connectivity index (χ4v) is 2.25. The number of urea groups is 1. The van der Waals surface area contributed by atoms with Gasteiger partial charge in [-0.1, -0.05) is 18.2 Å². The number of hydrogen-bond acceptors (Lipinski definition) is 3. The molecule has 2 amide bonds. The monoisotopic (exact) mass is 278 g/mol. The van der Waals surface area contributed by atoms with E-state index in [9.17, 15) is 14.0 Å². The molecule has 106 valence electrons. The smallest absolute Gasteiger partial charge is 0.354 e. The normalized spacial score (nSPS) is 18.9. The van der Waals surface area contributed by atoms with Gasteiger partial charge in [-0.25, -0.2) is 14.0 Å². The molecule has 1 atom stereocenters. The van der Waals surface area contributed by atoms with E-state index in [0.29, 0.717) is 11.1 Å². The molecule has 0 bridgehead atoms. The Morgan fingerprint density at radius 1 is 1.40 bits per heavy atom. The molecule has 1 aliphatic rings. The highest BCUT2D eigenvalue weighted by Gasteiger charge is 2.34. The van der Waals surface area contributed by atoms with E-state index in [2.05, 4.69) is 10.1 Å². The number of methoxy groups -OCH3 is 1. The second-order valence-electron chi connectivity index (χ2n) is 4.49. The summed E-state index contributed by atoms with van der Waals surface area (Å²) in [4.78, 5) is 24.9. The fraction of sp³-hybridized carbons (Fsp3) is 0.286. The molecule has 0 radical (unpaired) electrons. The summed E-state index contributed by atoms with van der Waals surface area (Å²) >= 11 is 0. The van der Waals surface area contributed by atoms with Gasteiger partial charge in [0.1, 0.15) is 11.5 Å². The van der Waals surface area contributed by atoms with Gasteiger partial charge in [0, 0.05) is 12.6 Å². The number of carbonyl (C=O) groups is 2. The number of esters is 1. The molecule has 0 aromatic heterocycles. The van der Waals surface area contributed by atoms with Crippen molar-refractivity contribution in [2.24, 2.45) is 0 Å². The maximum Gasteiger partial charge on any atom is 0.354 e. The summed E-state index contributed by atoms with van der Waals surface area (Å²) in [5.41, 5.74) is 0.974. The zero-order valence-corrected chi connectivity index (χ0v) is 11.4. The SMILES string of the molecule is COC(=O)C1=C(C)[C@H](c2ccccc2F)NC(=O)N1C. The minimum absolute atomic E-state index is 0.129. The highest BCUT2D eigenvalue weighted by atomic mass is 19.1. The summed E-state index contributed by atoms with van der Waals surface area (Å²) < 4.78 is 18.6. The summed E-state index contributed by atoms with van der Waals surface area (Å²) in [6.45, 7) is 1.67. The molecule has 0 spiro atoms. The molecule has 1 N–H and O–H groups in total. The minimum atomic E-state index is -0.686. The lowest BCUT2D eigenvalue weighted by Crippen LogP contribution is -2.46. The van der Waals surface area contributed by atoms with Gasteiger partial charge in [0.15, 0.2) is 0 Å². The highest BCUT2D eigenvalue weighted by molar-refractivity contribution is 5.95. The van der Waals surface area contributed by atoms with Gasteiger partial charge in [-0.2, -0.15) is 0 Å². The molecule has 20 heavy (non-hydrogen) atoms. The van der Waals surface area contributed by atoms with Gasteiger partial charge in [0.2, 0.25) is 0 Å². The van der Waals surface area contributed by atoms with Crippen LogP contribution in [-0.4, -0.2) is 31.1 Å². The van der Waals surface area contributed by atoms with Crippen molar-refractivity contribution in [2.45, 2.75) is 13.0 Å². The van der Waals surface area contributed by atoms with Crippen LogP contribution in [0.15, 0.2) is 35.5 Å². The lowest BCUT2D eigenvalue weighted by atomic mass is 9.95. The van der Waals surface area contributed by atoms with Crippen LogP contribution in [0.5, 0.6) is 0 Å². The molecule has 0 fully saturated rings. The van der Waals surface area contributed by atoms with Crippen molar-refractivity contribution >= 4 is 12.0 Å². The predicted octanol–water partition coefficient (Wildman–Crippen LogP) is 1.97. The Kier molecular flexibility index (Phi) is 3.74. The van der Waals surface area contributed by atoms with Crippen LogP contribution in [0.1, 0.15) is 18.5 Å². The summed E-state index contributed by atoms with van der Waals surface area (Å²) in [5, 5.41) is 2.66. The Morgan fingerprint density at radius 2 is 2.05 bits per heavy atom. The van der Waals surface area contributed by atoms with Crippen LogP contribution in [0, 0.1) is 5.82 Å². The van der Waals surface area contributed by atoms with Crippen molar-refractivity contribution in [3.8, 4) is 0 Å². The zero-order valence-electron chi connectivity index (χ0n) is 11.4. The largest absolute Gasteiger partial charge is 0.464 e. The molecule has 1 aliphatic heterocycles. The molecule has 0 aliphatic carbocycles. The summed E-state index contributed by atoms with van der Waals surface area (Å²) in [7, 11) is 2.70. The number of amides is 2.